The van der Waals surface area contributed by atoms with Crippen LogP contribution in [0.3, 0.4) is 0 Å². The van der Waals surface area contributed by atoms with Crippen molar-refractivity contribution in [1.82, 2.24) is 0 Å². The summed E-state index contributed by atoms with van der Waals surface area (Å²) in [5.74, 6) is 0.303. The number of aliphatic hydroxyl groups is 1. The van der Waals surface area contributed by atoms with Crippen molar-refractivity contribution in [3.05, 3.63) is 28.3 Å². The number of nitro benzene ring substituents is 1. The molecule has 0 heterocycles. The van der Waals surface area contributed by atoms with Crippen LogP contribution in [-0.4, -0.2) is 36.3 Å². The monoisotopic (exact) mass is 282 g/mol. The van der Waals surface area contributed by atoms with E-state index < -0.39 is 4.92 Å². The molecule has 1 aromatic carbocycles. The maximum Gasteiger partial charge on any atom is 0.333 e. The van der Waals surface area contributed by atoms with Crippen molar-refractivity contribution in [2.24, 2.45) is 0 Å². The van der Waals surface area contributed by atoms with Gasteiger partial charge < -0.3 is 14.7 Å². The van der Waals surface area contributed by atoms with Gasteiger partial charge in [0, 0.05) is 19.7 Å². The summed E-state index contributed by atoms with van der Waals surface area (Å²) in [7, 11) is 0. The topological polar surface area (TPSA) is 75.8 Å². The number of ether oxygens (including phenoxy) is 1. The van der Waals surface area contributed by atoms with E-state index in [0.717, 1.165) is 6.42 Å². The standard InChI is InChI=1S/C14H22N2O4/c1-3-11-20-13-8-5-7-12(14(13)16(18)19)15(4-2)9-6-10-17/h5,7-8,17H,3-4,6,9-11H2,1-2H3. The van der Waals surface area contributed by atoms with Gasteiger partial charge in [0.1, 0.15) is 5.69 Å². The van der Waals surface area contributed by atoms with Gasteiger partial charge in [0.05, 0.1) is 11.5 Å². The van der Waals surface area contributed by atoms with E-state index in [4.69, 9.17) is 9.84 Å². The average molecular weight is 282 g/mol. The summed E-state index contributed by atoms with van der Waals surface area (Å²) in [6.45, 7) is 5.61. The lowest BCUT2D eigenvalue weighted by molar-refractivity contribution is -0.385. The van der Waals surface area contributed by atoms with E-state index in [2.05, 4.69) is 0 Å². The lowest BCUT2D eigenvalue weighted by Crippen LogP contribution is -2.25. The van der Waals surface area contributed by atoms with Crippen molar-refractivity contribution in [3.8, 4) is 5.75 Å². The highest BCUT2D eigenvalue weighted by molar-refractivity contribution is 5.69. The fourth-order valence-electron chi connectivity index (χ4n) is 1.99. The first-order valence-corrected chi connectivity index (χ1v) is 6.91. The second kappa shape index (κ2) is 8.37. The zero-order valence-electron chi connectivity index (χ0n) is 12.0. The summed E-state index contributed by atoms with van der Waals surface area (Å²) in [5, 5.41) is 20.3. The molecule has 20 heavy (non-hydrogen) atoms. The summed E-state index contributed by atoms with van der Waals surface area (Å²) < 4.78 is 5.47. The molecule has 0 radical (unpaired) electrons. The SMILES string of the molecule is CCCOc1cccc(N(CC)CCCO)c1[N+](=O)[O-]. The molecule has 0 amide bonds. The molecule has 0 saturated heterocycles. The van der Waals surface area contributed by atoms with Crippen LogP contribution in [0.1, 0.15) is 26.7 Å². The van der Waals surface area contributed by atoms with Crippen molar-refractivity contribution in [1.29, 1.82) is 0 Å². The minimum atomic E-state index is -0.401. The number of para-hydroxylation sites is 1. The van der Waals surface area contributed by atoms with Crippen molar-refractivity contribution >= 4 is 11.4 Å². The molecule has 0 unspecified atom stereocenters. The van der Waals surface area contributed by atoms with E-state index in [-0.39, 0.29) is 12.3 Å². The first-order chi connectivity index (χ1) is 9.65. The zero-order valence-corrected chi connectivity index (χ0v) is 12.0. The molecule has 1 N–H and O–H groups in total. The summed E-state index contributed by atoms with van der Waals surface area (Å²) in [5.41, 5.74) is 0.542. The first kappa shape index (κ1) is 16.2. The maximum atomic E-state index is 11.3. The lowest BCUT2D eigenvalue weighted by Gasteiger charge is -2.23. The van der Waals surface area contributed by atoms with Gasteiger partial charge in [0.25, 0.3) is 0 Å². The minimum absolute atomic E-state index is 0.000685. The molecule has 6 nitrogen and oxygen atoms in total. The molecule has 6 heteroatoms. The Kier molecular flexibility index (Phi) is 6.79. The van der Waals surface area contributed by atoms with Crippen LogP contribution in [0.15, 0.2) is 18.2 Å². The molecule has 0 aliphatic heterocycles. The Morgan fingerprint density at radius 3 is 2.70 bits per heavy atom. The van der Waals surface area contributed by atoms with Gasteiger partial charge in [-0.25, -0.2) is 0 Å². The number of hydrogen-bond acceptors (Lipinski definition) is 5. The molecule has 112 valence electrons. The Morgan fingerprint density at radius 2 is 2.15 bits per heavy atom. The highest BCUT2D eigenvalue weighted by atomic mass is 16.6. The zero-order chi connectivity index (χ0) is 15.0. The number of rotatable bonds is 9. The van der Waals surface area contributed by atoms with E-state index in [1.807, 2.05) is 18.7 Å². The number of nitro groups is 1. The Bertz CT molecular complexity index is 437. The van der Waals surface area contributed by atoms with Crippen LogP contribution >= 0.6 is 0 Å². The normalized spacial score (nSPS) is 10.3. The third-order valence-electron chi connectivity index (χ3n) is 2.93. The predicted molar refractivity (Wildman–Crippen MR) is 78.5 cm³/mol. The summed E-state index contributed by atoms with van der Waals surface area (Å²) in [6.07, 6.45) is 1.37. The van der Waals surface area contributed by atoms with Crippen LogP contribution < -0.4 is 9.64 Å². The second-order valence-corrected chi connectivity index (χ2v) is 4.39. The molecular weight excluding hydrogens is 260 g/mol. The van der Waals surface area contributed by atoms with Crippen LogP contribution in [0.4, 0.5) is 11.4 Å². The Morgan fingerprint density at radius 1 is 1.40 bits per heavy atom. The van der Waals surface area contributed by atoms with Crippen molar-refractivity contribution < 1.29 is 14.8 Å². The molecule has 0 atom stereocenters. The third kappa shape index (κ3) is 4.09. The largest absolute Gasteiger partial charge is 0.487 e. The van der Waals surface area contributed by atoms with Crippen LogP contribution in [-0.2, 0) is 0 Å². The molecular formula is C14H22N2O4. The number of aliphatic hydroxyl groups excluding tert-OH is 1. The molecule has 0 saturated carbocycles. The summed E-state index contributed by atoms with van der Waals surface area (Å²) in [4.78, 5) is 12.8. The quantitative estimate of drug-likeness (QED) is 0.556. The number of hydrogen-bond donors (Lipinski definition) is 1. The summed E-state index contributed by atoms with van der Waals surface area (Å²) >= 11 is 0. The number of anilines is 1. The van der Waals surface area contributed by atoms with Gasteiger partial charge in [-0.2, -0.15) is 0 Å². The van der Waals surface area contributed by atoms with E-state index in [1.165, 1.54) is 0 Å². The van der Waals surface area contributed by atoms with Gasteiger partial charge in [0.15, 0.2) is 5.75 Å². The first-order valence-electron chi connectivity index (χ1n) is 6.91. The minimum Gasteiger partial charge on any atom is -0.487 e. The van der Waals surface area contributed by atoms with Gasteiger partial charge in [-0.3, -0.25) is 10.1 Å². The van der Waals surface area contributed by atoms with E-state index in [9.17, 15) is 10.1 Å². The molecule has 0 aliphatic rings. The molecule has 1 rings (SSSR count). The Balaban J connectivity index is 3.12. The van der Waals surface area contributed by atoms with E-state index in [1.54, 1.807) is 18.2 Å². The van der Waals surface area contributed by atoms with Crippen LogP contribution in [0, 0.1) is 10.1 Å². The van der Waals surface area contributed by atoms with Gasteiger partial charge in [-0.1, -0.05) is 13.0 Å². The molecule has 0 fully saturated rings. The number of nitrogens with zero attached hydrogens (tertiary/aromatic N) is 2. The van der Waals surface area contributed by atoms with Crippen molar-refractivity contribution in [3.63, 3.8) is 0 Å². The van der Waals surface area contributed by atoms with E-state index in [0.29, 0.717) is 37.6 Å². The fraction of sp³-hybridized carbons (Fsp3) is 0.571. The van der Waals surface area contributed by atoms with Gasteiger partial charge >= 0.3 is 5.69 Å². The highest BCUT2D eigenvalue weighted by Gasteiger charge is 2.24. The van der Waals surface area contributed by atoms with E-state index >= 15 is 0 Å². The average Bonchev–Trinajstić information content (AvgIpc) is 2.45. The Hall–Kier alpha value is -1.82. The third-order valence-corrected chi connectivity index (χ3v) is 2.93. The lowest BCUT2D eigenvalue weighted by atomic mass is 10.2. The van der Waals surface area contributed by atoms with Gasteiger partial charge in [0.2, 0.25) is 0 Å². The molecule has 0 bridgehead atoms. The van der Waals surface area contributed by atoms with Crippen molar-refractivity contribution in [2.75, 3.05) is 31.2 Å². The number of benzene rings is 1. The molecule has 0 aliphatic carbocycles. The second-order valence-electron chi connectivity index (χ2n) is 4.39. The maximum absolute atomic E-state index is 11.3. The van der Waals surface area contributed by atoms with Crippen LogP contribution in [0.5, 0.6) is 5.75 Å². The van der Waals surface area contributed by atoms with Crippen LogP contribution in [0.25, 0.3) is 0 Å². The molecule has 0 spiro atoms. The fourth-order valence-corrected chi connectivity index (χ4v) is 1.99. The highest BCUT2D eigenvalue weighted by Crippen LogP contribution is 2.37. The smallest absolute Gasteiger partial charge is 0.333 e. The van der Waals surface area contributed by atoms with Crippen molar-refractivity contribution in [2.45, 2.75) is 26.7 Å². The van der Waals surface area contributed by atoms with Gasteiger partial charge in [-0.15, -0.1) is 0 Å². The Labute approximate surface area is 119 Å². The molecule has 1 aromatic rings. The summed E-state index contributed by atoms with van der Waals surface area (Å²) in [6, 6.07) is 5.10. The van der Waals surface area contributed by atoms with Gasteiger partial charge in [-0.05, 0) is 31.9 Å². The van der Waals surface area contributed by atoms with Crippen LogP contribution in [0.2, 0.25) is 0 Å². The predicted octanol–water partition coefficient (Wildman–Crippen LogP) is 2.59. The molecule has 0 aromatic heterocycles.